The molecule has 0 aliphatic carbocycles. The Kier molecular flexibility index (Phi) is 11.6. The molecule has 2 aromatic rings. The predicted molar refractivity (Wildman–Crippen MR) is 152 cm³/mol. The van der Waals surface area contributed by atoms with Crippen LogP contribution >= 0.6 is 27.5 Å². The van der Waals surface area contributed by atoms with E-state index in [2.05, 4.69) is 45.7 Å². The van der Waals surface area contributed by atoms with Gasteiger partial charge in [-0.2, -0.15) is 0 Å². The number of carbonyl (C=O) groups is 2. The van der Waals surface area contributed by atoms with Crippen molar-refractivity contribution in [2.24, 2.45) is 5.92 Å². The number of benzene rings is 2. The molecule has 2 unspecified atom stereocenters. The smallest absolute Gasteiger partial charge is 0.406 e. The molecule has 7 nitrogen and oxygen atoms in total. The van der Waals surface area contributed by atoms with Gasteiger partial charge in [-0.25, -0.2) is 4.39 Å². The molecule has 0 aromatic heterocycles. The van der Waals surface area contributed by atoms with E-state index in [-0.39, 0.29) is 39.6 Å². The summed E-state index contributed by atoms with van der Waals surface area (Å²) < 4.78 is 27.2. The third-order valence-electron chi connectivity index (χ3n) is 6.15. The van der Waals surface area contributed by atoms with Crippen molar-refractivity contribution in [2.75, 3.05) is 13.1 Å². The number of hydrogen-bond acceptors (Lipinski definition) is 5. The minimum absolute atomic E-state index is 0.0485. The maximum absolute atomic E-state index is 14.8. The number of carbonyl (C=O) groups excluding carboxylic acids is 2. The zero-order valence-electron chi connectivity index (χ0n) is 22.1. The van der Waals surface area contributed by atoms with E-state index in [9.17, 15) is 14.0 Å². The minimum atomic E-state index is -1.00. The summed E-state index contributed by atoms with van der Waals surface area (Å²) in [5.41, 5.74) is 0.508. The van der Waals surface area contributed by atoms with Gasteiger partial charge in [0.15, 0.2) is 5.82 Å². The fourth-order valence-electron chi connectivity index (χ4n) is 4.32. The molecule has 3 rings (SSSR count). The van der Waals surface area contributed by atoms with Gasteiger partial charge in [-0.1, -0.05) is 55.8 Å². The van der Waals surface area contributed by atoms with Gasteiger partial charge in [0.05, 0.1) is 33.2 Å². The van der Waals surface area contributed by atoms with Crippen LogP contribution in [0.1, 0.15) is 50.0 Å². The summed E-state index contributed by atoms with van der Waals surface area (Å²) in [7, 11) is -0.668. The first-order valence-corrected chi connectivity index (χ1v) is 14.0. The predicted octanol–water partition coefficient (Wildman–Crippen LogP) is 4.55. The van der Waals surface area contributed by atoms with Crippen LogP contribution < -0.4 is 16.0 Å². The van der Waals surface area contributed by atoms with Crippen molar-refractivity contribution in [3.05, 3.63) is 68.9 Å². The molecule has 0 spiro atoms. The highest BCUT2D eigenvalue weighted by molar-refractivity contribution is 9.10. The second kappa shape index (κ2) is 14.4. The van der Waals surface area contributed by atoms with Crippen LogP contribution in [0.3, 0.4) is 0 Å². The van der Waals surface area contributed by atoms with Crippen LogP contribution in [-0.2, 0) is 20.5 Å². The Morgan fingerprint density at radius 3 is 2.34 bits per heavy atom. The SMILES string of the molecule is CC(C)C[C@H](NC(=O)[C@H](Cc1ccccc1)NC(=O)c1c(Cl)ccc(Br)c1F)B1OC(C)CNCC(C)O1. The topological polar surface area (TPSA) is 88.7 Å². The Labute approximate surface area is 237 Å². The second-order valence-corrected chi connectivity index (χ2v) is 11.4. The van der Waals surface area contributed by atoms with Crippen molar-refractivity contribution in [3.8, 4) is 0 Å². The summed E-state index contributed by atoms with van der Waals surface area (Å²) in [5, 5.41) is 9.01. The standard InChI is InChI=1S/C27H35BBrClFN3O4/c1-16(2)12-23(28-37-17(3)14-32-15-18(4)38-28)34-26(35)22(13-19-8-6-5-7-9-19)33-27(36)24-21(30)11-10-20(29)25(24)31/h5-11,16-18,22-23,32H,12-15H2,1-4H3,(H,33,36)(H,34,35)/t17?,18?,22-,23-/m0/s1. The Morgan fingerprint density at radius 2 is 1.74 bits per heavy atom. The summed E-state index contributed by atoms with van der Waals surface area (Å²) in [5.74, 6) is -2.23. The summed E-state index contributed by atoms with van der Waals surface area (Å²) >= 11 is 9.25. The molecule has 2 amide bonds. The van der Waals surface area contributed by atoms with Crippen LogP contribution in [0.4, 0.5) is 4.39 Å². The lowest BCUT2D eigenvalue weighted by Crippen LogP contribution is -2.58. The zero-order valence-corrected chi connectivity index (χ0v) is 24.4. The number of halogens is 3. The maximum atomic E-state index is 14.8. The fourth-order valence-corrected chi connectivity index (χ4v) is 4.88. The van der Waals surface area contributed by atoms with Gasteiger partial charge in [0.2, 0.25) is 5.91 Å². The molecule has 0 bridgehead atoms. The molecule has 1 heterocycles. The maximum Gasteiger partial charge on any atom is 0.481 e. The molecule has 4 atom stereocenters. The molecule has 11 heteroatoms. The highest BCUT2D eigenvalue weighted by Gasteiger charge is 2.38. The van der Waals surface area contributed by atoms with Gasteiger partial charge in [-0.3, -0.25) is 9.59 Å². The van der Waals surface area contributed by atoms with E-state index in [1.807, 2.05) is 44.2 Å². The normalized spacial score (nSPS) is 19.8. The molecule has 2 aromatic carbocycles. The Hall–Kier alpha value is -1.98. The molecule has 1 aliphatic rings. The molecule has 1 saturated heterocycles. The fraction of sp³-hybridized carbons (Fsp3) is 0.481. The summed E-state index contributed by atoms with van der Waals surface area (Å²) in [6, 6.07) is 11.1. The number of hydrogen-bond donors (Lipinski definition) is 3. The van der Waals surface area contributed by atoms with E-state index in [4.69, 9.17) is 20.9 Å². The Morgan fingerprint density at radius 1 is 1.11 bits per heavy atom. The Balaban J connectivity index is 1.87. The first-order chi connectivity index (χ1) is 18.0. The van der Waals surface area contributed by atoms with Crippen LogP contribution in [0.25, 0.3) is 0 Å². The average molecular weight is 611 g/mol. The van der Waals surface area contributed by atoms with Crippen molar-refractivity contribution in [1.29, 1.82) is 0 Å². The van der Waals surface area contributed by atoms with Crippen LogP contribution in [0.5, 0.6) is 0 Å². The summed E-state index contributed by atoms with van der Waals surface area (Å²) in [6.07, 6.45) is 0.547. The van der Waals surface area contributed by atoms with E-state index in [0.29, 0.717) is 19.5 Å². The molecule has 1 fully saturated rings. The van der Waals surface area contributed by atoms with Crippen LogP contribution in [0.15, 0.2) is 46.9 Å². The largest absolute Gasteiger partial charge is 0.481 e. The second-order valence-electron chi connectivity index (χ2n) is 10.1. The zero-order chi connectivity index (χ0) is 27.8. The third-order valence-corrected chi connectivity index (χ3v) is 7.08. The van der Waals surface area contributed by atoms with E-state index < -0.39 is 36.7 Å². The quantitative estimate of drug-likeness (QED) is 0.287. The highest BCUT2D eigenvalue weighted by Crippen LogP contribution is 2.26. The summed E-state index contributed by atoms with van der Waals surface area (Å²) in [6.45, 7) is 9.33. The first kappa shape index (κ1) is 30.6. The minimum Gasteiger partial charge on any atom is -0.406 e. The number of nitrogens with one attached hydrogen (secondary N) is 3. The van der Waals surface area contributed by atoms with Gasteiger partial charge < -0.3 is 25.3 Å². The lowest BCUT2D eigenvalue weighted by molar-refractivity contribution is -0.123. The Bertz CT molecular complexity index is 1090. The van der Waals surface area contributed by atoms with Crippen LogP contribution in [0.2, 0.25) is 5.02 Å². The van der Waals surface area contributed by atoms with Crippen LogP contribution in [0, 0.1) is 11.7 Å². The van der Waals surface area contributed by atoms with E-state index in [0.717, 1.165) is 5.56 Å². The van der Waals surface area contributed by atoms with Gasteiger partial charge in [-0.05, 0) is 59.8 Å². The van der Waals surface area contributed by atoms with Gasteiger partial charge in [0, 0.05) is 19.5 Å². The highest BCUT2D eigenvalue weighted by atomic mass is 79.9. The number of rotatable bonds is 9. The van der Waals surface area contributed by atoms with E-state index in [1.165, 1.54) is 12.1 Å². The van der Waals surface area contributed by atoms with Gasteiger partial charge in [0.25, 0.3) is 5.91 Å². The third kappa shape index (κ3) is 8.78. The van der Waals surface area contributed by atoms with Crippen molar-refractivity contribution >= 4 is 46.5 Å². The monoisotopic (exact) mass is 609 g/mol. The molecule has 3 N–H and O–H groups in total. The molecule has 206 valence electrons. The van der Waals surface area contributed by atoms with Crippen molar-refractivity contribution < 1.29 is 23.3 Å². The molecule has 0 saturated carbocycles. The van der Waals surface area contributed by atoms with Crippen molar-refractivity contribution in [2.45, 2.75) is 64.7 Å². The van der Waals surface area contributed by atoms with E-state index in [1.54, 1.807) is 0 Å². The van der Waals surface area contributed by atoms with Crippen molar-refractivity contribution in [1.82, 2.24) is 16.0 Å². The lowest BCUT2D eigenvalue weighted by atomic mass is 9.72. The molecule has 38 heavy (non-hydrogen) atoms. The molecular weight excluding hydrogens is 575 g/mol. The van der Waals surface area contributed by atoms with Crippen LogP contribution in [-0.4, -0.2) is 56.2 Å². The van der Waals surface area contributed by atoms with Gasteiger partial charge in [-0.15, -0.1) is 0 Å². The summed E-state index contributed by atoms with van der Waals surface area (Å²) in [4.78, 5) is 26.9. The molecule has 0 radical (unpaired) electrons. The molecule has 1 aliphatic heterocycles. The lowest BCUT2D eigenvalue weighted by Gasteiger charge is -2.33. The first-order valence-electron chi connectivity index (χ1n) is 12.9. The van der Waals surface area contributed by atoms with Gasteiger partial charge in [0.1, 0.15) is 6.04 Å². The van der Waals surface area contributed by atoms with Crippen molar-refractivity contribution in [3.63, 3.8) is 0 Å². The molecular formula is C27H35BBrClFN3O4. The van der Waals surface area contributed by atoms with E-state index >= 15 is 0 Å². The van der Waals surface area contributed by atoms with Gasteiger partial charge >= 0.3 is 7.12 Å². The number of amides is 2. The average Bonchev–Trinajstić information content (AvgIpc) is 2.84.